The van der Waals surface area contributed by atoms with Crippen LogP contribution < -0.4 is 15.7 Å². The van der Waals surface area contributed by atoms with Crippen LogP contribution in [0.25, 0.3) is 11.0 Å². The van der Waals surface area contributed by atoms with Crippen molar-refractivity contribution in [2.45, 2.75) is 13.0 Å². The fourth-order valence-corrected chi connectivity index (χ4v) is 3.04. The van der Waals surface area contributed by atoms with Crippen molar-refractivity contribution in [1.29, 1.82) is 0 Å². The van der Waals surface area contributed by atoms with Gasteiger partial charge in [0.2, 0.25) is 0 Å². The zero-order valence-corrected chi connectivity index (χ0v) is 15.0. The number of benzene rings is 1. The van der Waals surface area contributed by atoms with E-state index in [9.17, 15) is 14.4 Å². The number of carbonyl (C=O) groups is 1. The number of carbonyl (C=O) groups excluding carboxylic acids is 1. The molecule has 7 nitrogen and oxygen atoms in total. The molecule has 1 amide bonds. The van der Waals surface area contributed by atoms with Crippen molar-refractivity contribution >= 4 is 16.9 Å². The molecule has 1 aromatic carbocycles. The number of aryl methyl sites for hydroxylation is 1. The summed E-state index contributed by atoms with van der Waals surface area (Å²) in [6.07, 6.45) is -0.201. The minimum absolute atomic E-state index is 0.0153. The highest BCUT2D eigenvalue weighted by Gasteiger charge is 2.34. The zero-order valence-electron chi connectivity index (χ0n) is 15.0. The highest BCUT2D eigenvalue weighted by molar-refractivity contribution is 5.93. The number of pyridine rings is 1. The van der Waals surface area contributed by atoms with Crippen molar-refractivity contribution in [2.24, 2.45) is 7.05 Å². The van der Waals surface area contributed by atoms with Gasteiger partial charge in [0.1, 0.15) is 17.4 Å². The second-order valence-electron chi connectivity index (χ2n) is 6.65. The van der Waals surface area contributed by atoms with Crippen LogP contribution in [-0.2, 0) is 7.05 Å². The molecule has 1 aliphatic rings. The Morgan fingerprint density at radius 1 is 1.15 bits per heavy atom. The van der Waals surface area contributed by atoms with E-state index in [0.29, 0.717) is 29.8 Å². The number of ether oxygens (including phenoxy) is 1. The highest BCUT2D eigenvalue weighted by atomic mass is 16.5. The summed E-state index contributed by atoms with van der Waals surface area (Å²) >= 11 is 0. The minimum atomic E-state index is -0.349. The van der Waals surface area contributed by atoms with Crippen LogP contribution in [-0.4, -0.2) is 34.6 Å². The van der Waals surface area contributed by atoms with Crippen molar-refractivity contribution < 1.29 is 13.9 Å². The summed E-state index contributed by atoms with van der Waals surface area (Å²) < 4.78 is 12.9. The molecule has 27 heavy (non-hydrogen) atoms. The Balaban J connectivity index is 1.46. The van der Waals surface area contributed by atoms with Crippen molar-refractivity contribution in [3.63, 3.8) is 0 Å². The molecule has 1 saturated heterocycles. The molecule has 138 valence electrons. The first-order chi connectivity index (χ1) is 12.9. The SMILES string of the molecule is Cc1cc(OC2CN(C(=O)c3cc(=O)c4ccccc4o3)C2)cc(=O)n1C. The summed E-state index contributed by atoms with van der Waals surface area (Å²) in [6, 6.07) is 11.3. The fraction of sp³-hybridized carbons (Fsp3) is 0.250. The van der Waals surface area contributed by atoms with Crippen LogP contribution in [0.2, 0.25) is 0 Å². The molecule has 0 radical (unpaired) electrons. The standard InChI is InChI=1S/C20H18N2O5/c1-12-7-13(8-19(24)21(12)2)26-14-10-22(11-14)20(25)18-9-16(23)15-5-3-4-6-17(15)27-18/h3-9,14H,10-11H2,1-2H3. The number of amides is 1. The highest BCUT2D eigenvalue weighted by Crippen LogP contribution is 2.20. The summed E-state index contributed by atoms with van der Waals surface area (Å²) in [5, 5.41) is 0.444. The number of fused-ring (bicyclic) bond motifs is 1. The third kappa shape index (κ3) is 3.12. The zero-order chi connectivity index (χ0) is 19.1. The van der Waals surface area contributed by atoms with Gasteiger partial charge < -0.3 is 18.6 Å². The Morgan fingerprint density at radius 3 is 2.63 bits per heavy atom. The monoisotopic (exact) mass is 366 g/mol. The number of aromatic nitrogens is 1. The van der Waals surface area contributed by atoms with Crippen LogP contribution in [0.4, 0.5) is 0 Å². The lowest BCUT2D eigenvalue weighted by molar-refractivity contribution is 0.0154. The first-order valence-electron chi connectivity index (χ1n) is 8.59. The van der Waals surface area contributed by atoms with Gasteiger partial charge in [0.05, 0.1) is 18.5 Å². The first kappa shape index (κ1) is 17.1. The van der Waals surface area contributed by atoms with E-state index in [1.54, 1.807) is 42.3 Å². The van der Waals surface area contributed by atoms with Crippen LogP contribution >= 0.6 is 0 Å². The summed E-state index contributed by atoms with van der Waals surface area (Å²) in [5.74, 6) is 0.157. The molecule has 0 bridgehead atoms. The third-order valence-corrected chi connectivity index (χ3v) is 4.76. The molecular formula is C20H18N2O5. The van der Waals surface area contributed by atoms with Gasteiger partial charge in [-0.3, -0.25) is 14.4 Å². The Morgan fingerprint density at radius 2 is 1.89 bits per heavy atom. The van der Waals surface area contributed by atoms with Crippen molar-refractivity contribution in [1.82, 2.24) is 9.47 Å². The molecule has 0 aliphatic carbocycles. The molecule has 1 aliphatic heterocycles. The molecule has 3 aromatic rings. The van der Waals surface area contributed by atoms with Crippen molar-refractivity contribution in [3.8, 4) is 5.75 Å². The molecule has 4 rings (SSSR count). The van der Waals surface area contributed by atoms with E-state index in [1.807, 2.05) is 6.92 Å². The van der Waals surface area contributed by atoms with Crippen LogP contribution in [0.15, 0.2) is 56.5 Å². The Hall–Kier alpha value is -3.35. The lowest BCUT2D eigenvalue weighted by Crippen LogP contribution is -2.56. The maximum atomic E-state index is 12.6. The maximum Gasteiger partial charge on any atom is 0.289 e. The summed E-state index contributed by atoms with van der Waals surface area (Å²) in [6.45, 7) is 2.56. The third-order valence-electron chi connectivity index (χ3n) is 4.76. The van der Waals surface area contributed by atoms with E-state index in [0.717, 1.165) is 5.69 Å². The number of hydrogen-bond donors (Lipinski definition) is 0. The Labute approximate surface area is 154 Å². The van der Waals surface area contributed by atoms with Crippen LogP contribution in [0.3, 0.4) is 0 Å². The average molecular weight is 366 g/mol. The number of nitrogens with zero attached hydrogens (tertiary/aromatic N) is 2. The van der Waals surface area contributed by atoms with Crippen LogP contribution in [0.5, 0.6) is 5.75 Å². The van der Waals surface area contributed by atoms with E-state index >= 15 is 0 Å². The summed E-state index contributed by atoms with van der Waals surface area (Å²) in [4.78, 5) is 38.1. The number of hydrogen-bond acceptors (Lipinski definition) is 5. The number of likely N-dealkylation sites (tertiary alicyclic amines) is 1. The van der Waals surface area contributed by atoms with Gasteiger partial charge in [0, 0.05) is 24.9 Å². The molecule has 2 aromatic heterocycles. The van der Waals surface area contributed by atoms with E-state index in [-0.39, 0.29) is 28.8 Å². The fourth-order valence-electron chi connectivity index (χ4n) is 3.04. The Kier molecular flexibility index (Phi) is 4.07. The van der Waals surface area contributed by atoms with Crippen LogP contribution in [0.1, 0.15) is 16.2 Å². The molecule has 3 heterocycles. The van der Waals surface area contributed by atoms with Gasteiger partial charge in [-0.15, -0.1) is 0 Å². The molecule has 0 atom stereocenters. The molecule has 0 unspecified atom stereocenters. The van der Waals surface area contributed by atoms with Crippen molar-refractivity contribution in [2.75, 3.05) is 13.1 Å². The van der Waals surface area contributed by atoms with Gasteiger partial charge in [-0.05, 0) is 25.1 Å². The van der Waals surface area contributed by atoms with Crippen LogP contribution in [0, 0.1) is 6.92 Å². The van der Waals surface area contributed by atoms with E-state index in [2.05, 4.69) is 0 Å². The maximum absolute atomic E-state index is 12.6. The van der Waals surface area contributed by atoms with Gasteiger partial charge in [0.15, 0.2) is 11.2 Å². The molecule has 7 heteroatoms. The molecule has 0 N–H and O–H groups in total. The minimum Gasteiger partial charge on any atom is -0.486 e. The normalized spacial score (nSPS) is 14.2. The van der Waals surface area contributed by atoms with E-state index in [1.165, 1.54) is 16.7 Å². The van der Waals surface area contributed by atoms with E-state index < -0.39 is 0 Å². The predicted molar refractivity (Wildman–Crippen MR) is 99.2 cm³/mol. The topological polar surface area (TPSA) is 81.8 Å². The number of rotatable bonds is 3. The lowest BCUT2D eigenvalue weighted by atomic mass is 10.1. The molecule has 0 spiro atoms. The average Bonchev–Trinajstić information content (AvgIpc) is 2.61. The summed E-state index contributed by atoms with van der Waals surface area (Å²) in [5.41, 5.74) is 0.791. The summed E-state index contributed by atoms with van der Waals surface area (Å²) in [7, 11) is 1.70. The first-order valence-corrected chi connectivity index (χ1v) is 8.59. The lowest BCUT2D eigenvalue weighted by Gasteiger charge is -2.38. The van der Waals surface area contributed by atoms with Crippen molar-refractivity contribution in [3.05, 3.63) is 74.5 Å². The van der Waals surface area contributed by atoms with E-state index in [4.69, 9.17) is 9.15 Å². The molecule has 0 saturated carbocycles. The largest absolute Gasteiger partial charge is 0.486 e. The van der Waals surface area contributed by atoms with Gasteiger partial charge in [-0.1, -0.05) is 12.1 Å². The quantitative estimate of drug-likeness (QED) is 0.705. The molecular weight excluding hydrogens is 348 g/mol. The molecule has 1 fully saturated rings. The van der Waals surface area contributed by atoms with Gasteiger partial charge >= 0.3 is 0 Å². The predicted octanol–water partition coefficient (Wildman–Crippen LogP) is 1.70. The van der Waals surface area contributed by atoms with Gasteiger partial charge in [-0.25, -0.2) is 0 Å². The second-order valence-corrected chi connectivity index (χ2v) is 6.65. The number of para-hydroxylation sites is 1. The Bertz CT molecular complexity index is 1150. The second kappa shape index (κ2) is 6.42. The van der Waals surface area contributed by atoms with Gasteiger partial charge in [-0.2, -0.15) is 0 Å². The van der Waals surface area contributed by atoms with Gasteiger partial charge in [0.25, 0.3) is 11.5 Å². The smallest absolute Gasteiger partial charge is 0.289 e.